The average molecular weight is 269 g/mol. The van der Waals surface area contributed by atoms with Crippen LogP contribution in [-0.4, -0.2) is 6.29 Å². The first-order chi connectivity index (χ1) is 9.88. The molecule has 1 unspecified atom stereocenters. The Bertz CT molecular complexity index is 426. The van der Waals surface area contributed by atoms with Crippen LogP contribution < -0.4 is 9.47 Å². The summed E-state index contributed by atoms with van der Waals surface area (Å²) in [5.41, 5.74) is 0. The summed E-state index contributed by atoms with van der Waals surface area (Å²) < 4.78 is 11.8. The van der Waals surface area contributed by atoms with Crippen LogP contribution in [0.5, 0.6) is 11.5 Å². The normalized spacial score (nSPS) is 10.5. The highest BCUT2D eigenvalue weighted by molar-refractivity contribution is 5.22. The van der Waals surface area contributed by atoms with Crippen LogP contribution >= 0.6 is 0 Å². The van der Waals surface area contributed by atoms with Gasteiger partial charge in [0.15, 0.2) is 0 Å². The number of unbranched alkanes of at least 4 members (excludes halogenated alkanes) is 2. The first kappa shape index (κ1) is 14.4. The van der Waals surface area contributed by atoms with E-state index < -0.39 is 0 Å². The van der Waals surface area contributed by atoms with Crippen molar-refractivity contribution in [2.45, 2.75) is 38.9 Å². The predicted molar refractivity (Wildman–Crippen MR) is 80.9 cm³/mol. The molecule has 0 saturated heterocycles. The smallest absolute Gasteiger partial charge is 0.241 e. The van der Waals surface area contributed by atoms with Gasteiger partial charge < -0.3 is 9.47 Å². The molecule has 1 atom stereocenters. The summed E-state index contributed by atoms with van der Waals surface area (Å²) in [4.78, 5) is 0. The summed E-state index contributed by atoms with van der Waals surface area (Å²) in [5, 5.41) is 0. The van der Waals surface area contributed by atoms with Gasteiger partial charge in [0.05, 0.1) is 0 Å². The van der Waals surface area contributed by atoms with E-state index in [4.69, 9.17) is 9.47 Å². The molecule has 0 bridgehead atoms. The Hall–Kier alpha value is -1.96. The second-order valence-electron chi connectivity index (χ2n) is 4.70. The van der Waals surface area contributed by atoms with Crippen molar-refractivity contribution in [3.63, 3.8) is 0 Å². The first-order valence-corrected chi connectivity index (χ1v) is 7.23. The second kappa shape index (κ2) is 8.26. The zero-order chi connectivity index (χ0) is 14.0. The monoisotopic (exact) mass is 269 g/mol. The van der Waals surface area contributed by atoms with Gasteiger partial charge in [-0.1, -0.05) is 56.2 Å². The van der Waals surface area contributed by atoms with Crippen LogP contribution in [-0.2, 0) is 0 Å². The van der Waals surface area contributed by atoms with E-state index in [0.29, 0.717) is 0 Å². The molecule has 2 aromatic carbocycles. The van der Waals surface area contributed by atoms with E-state index in [1.807, 2.05) is 54.6 Å². The highest BCUT2D eigenvalue weighted by atomic mass is 16.7. The molecule has 20 heavy (non-hydrogen) atoms. The topological polar surface area (TPSA) is 18.5 Å². The zero-order valence-corrected chi connectivity index (χ0v) is 11.9. The largest absolute Gasteiger partial charge is 0.455 e. The zero-order valence-electron chi connectivity index (χ0n) is 11.9. The Labute approximate surface area is 121 Å². The van der Waals surface area contributed by atoms with Crippen molar-refractivity contribution in [3.05, 3.63) is 60.7 Å². The van der Waals surface area contributed by atoms with E-state index in [-0.39, 0.29) is 6.29 Å². The van der Waals surface area contributed by atoms with E-state index >= 15 is 0 Å². The predicted octanol–water partition coefficient (Wildman–Crippen LogP) is 4.85. The molecular formula is C18H21O2. The fraction of sp³-hybridized carbons (Fsp3) is 0.333. The average Bonchev–Trinajstić information content (AvgIpc) is 2.49. The highest BCUT2D eigenvalue weighted by Crippen LogP contribution is 2.18. The Kier molecular flexibility index (Phi) is 5.97. The molecule has 0 spiro atoms. The molecule has 0 aliphatic rings. The van der Waals surface area contributed by atoms with Crippen LogP contribution in [0.2, 0.25) is 0 Å². The molecule has 2 heteroatoms. The van der Waals surface area contributed by atoms with Gasteiger partial charge in [-0.05, 0) is 24.6 Å². The quantitative estimate of drug-likeness (QED) is 0.503. The van der Waals surface area contributed by atoms with Gasteiger partial charge in [0.2, 0.25) is 6.29 Å². The maximum absolute atomic E-state index is 5.92. The van der Waals surface area contributed by atoms with Gasteiger partial charge in [0, 0.05) is 12.5 Å². The number of rotatable bonds is 8. The van der Waals surface area contributed by atoms with Crippen LogP contribution in [0, 0.1) is 6.07 Å². The summed E-state index contributed by atoms with van der Waals surface area (Å²) in [6.45, 7) is 2.19. The van der Waals surface area contributed by atoms with Crippen molar-refractivity contribution in [1.29, 1.82) is 0 Å². The van der Waals surface area contributed by atoms with E-state index in [2.05, 4.69) is 13.0 Å². The second-order valence-corrected chi connectivity index (χ2v) is 4.70. The molecule has 0 aliphatic carbocycles. The number of para-hydroxylation sites is 2. The summed E-state index contributed by atoms with van der Waals surface area (Å²) >= 11 is 0. The Morgan fingerprint density at radius 2 is 1.75 bits per heavy atom. The fourth-order valence-electron chi connectivity index (χ4n) is 1.95. The Morgan fingerprint density at radius 3 is 2.45 bits per heavy atom. The van der Waals surface area contributed by atoms with E-state index in [1.165, 1.54) is 12.8 Å². The Balaban J connectivity index is 1.96. The van der Waals surface area contributed by atoms with Crippen LogP contribution in [0.4, 0.5) is 0 Å². The van der Waals surface area contributed by atoms with Crippen LogP contribution in [0.3, 0.4) is 0 Å². The first-order valence-electron chi connectivity index (χ1n) is 7.23. The standard InChI is InChI=1S/C18H21O2/c1-2-3-6-15-18(19-16-11-7-4-8-12-16)20-17-13-9-5-10-14-17/h4-5,7-13,18H,2-3,6,15H2,1H3. The fourth-order valence-corrected chi connectivity index (χ4v) is 1.95. The minimum absolute atomic E-state index is 0.261. The number of ether oxygens (including phenoxy) is 2. The van der Waals surface area contributed by atoms with E-state index in [0.717, 1.165) is 24.3 Å². The lowest BCUT2D eigenvalue weighted by Gasteiger charge is -2.20. The molecule has 0 aromatic heterocycles. The lowest BCUT2D eigenvalue weighted by atomic mass is 10.2. The summed E-state index contributed by atoms with van der Waals surface area (Å²) in [6.07, 6.45) is 4.10. The maximum atomic E-state index is 5.92. The third-order valence-corrected chi connectivity index (χ3v) is 2.99. The maximum Gasteiger partial charge on any atom is 0.241 e. The molecule has 105 valence electrons. The summed E-state index contributed by atoms with van der Waals surface area (Å²) in [5.74, 6) is 1.56. The van der Waals surface area contributed by atoms with Gasteiger partial charge in [-0.2, -0.15) is 0 Å². The summed E-state index contributed by atoms with van der Waals surface area (Å²) in [7, 11) is 0. The van der Waals surface area contributed by atoms with Crippen LogP contribution in [0.1, 0.15) is 32.6 Å². The van der Waals surface area contributed by atoms with Crippen molar-refractivity contribution in [2.75, 3.05) is 0 Å². The molecule has 2 nitrogen and oxygen atoms in total. The van der Waals surface area contributed by atoms with Gasteiger partial charge in [0.25, 0.3) is 0 Å². The molecule has 0 N–H and O–H groups in total. The third kappa shape index (κ3) is 4.96. The van der Waals surface area contributed by atoms with E-state index in [9.17, 15) is 0 Å². The molecule has 2 rings (SSSR count). The molecule has 0 aliphatic heterocycles. The molecule has 2 aromatic rings. The molecular weight excluding hydrogens is 248 g/mol. The molecule has 0 saturated carbocycles. The van der Waals surface area contributed by atoms with Gasteiger partial charge in [-0.15, -0.1) is 0 Å². The molecule has 0 amide bonds. The Morgan fingerprint density at radius 1 is 0.950 bits per heavy atom. The molecule has 1 radical (unpaired) electrons. The van der Waals surface area contributed by atoms with Crippen LogP contribution in [0.15, 0.2) is 54.6 Å². The van der Waals surface area contributed by atoms with Gasteiger partial charge in [-0.3, -0.25) is 0 Å². The minimum atomic E-state index is -0.261. The summed E-state index contributed by atoms with van der Waals surface area (Å²) in [6, 6.07) is 20.5. The van der Waals surface area contributed by atoms with Crippen molar-refractivity contribution in [1.82, 2.24) is 0 Å². The van der Waals surface area contributed by atoms with E-state index in [1.54, 1.807) is 0 Å². The lowest BCUT2D eigenvalue weighted by molar-refractivity contribution is -0.00256. The lowest BCUT2D eigenvalue weighted by Crippen LogP contribution is -2.24. The van der Waals surface area contributed by atoms with Crippen molar-refractivity contribution in [2.24, 2.45) is 0 Å². The SMILES string of the molecule is CCCCCC(Oc1[c]cccc1)Oc1ccccc1. The van der Waals surface area contributed by atoms with Gasteiger partial charge in [0.1, 0.15) is 11.5 Å². The van der Waals surface area contributed by atoms with Crippen molar-refractivity contribution in [3.8, 4) is 11.5 Å². The van der Waals surface area contributed by atoms with Gasteiger partial charge >= 0.3 is 0 Å². The number of hydrogen-bond donors (Lipinski definition) is 0. The van der Waals surface area contributed by atoms with Crippen LogP contribution in [0.25, 0.3) is 0 Å². The molecule has 0 fully saturated rings. The van der Waals surface area contributed by atoms with Crippen molar-refractivity contribution >= 4 is 0 Å². The van der Waals surface area contributed by atoms with Gasteiger partial charge in [-0.25, -0.2) is 0 Å². The number of benzene rings is 2. The number of hydrogen-bond acceptors (Lipinski definition) is 2. The van der Waals surface area contributed by atoms with Crippen molar-refractivity contribution < 1.29 is 9.47 Å². The third-order valence-electron chi connectivity index (χ3n) is 2.99. The molecule has 0 heterocycles. The highest BCUT2D eigenvalue weighted by Gasteiger charge is 2.12. The minimum Gasteiger partial charge on any atom is -0.455 e.